The molecule has 0 aromatic heterocycles. The van der Waals surface area contributed by atoms with Gasteiger partial charge >= 0.3 is 0 Å². The summed E-state index contributed by atoms with van der Waals surface area (Å²) in [5.41, 5.74) is 0. The molecule has 0 nitrogen and oxygen atoms in total. The first kappa shape index (κ1) is 15.8. The van der Waals surface area contributed by atoms with Crippen molar-refractivity contribution in [3.05, 3.63) is 0 Å². The van der Waals surface area contributed by atoms with E-state index in [4.69, 9.17) is 0 Å². The lowest BCUT2D eigenvalue weighted by Crippen LogP contribution is -1.59. The Morgan fingerprint density at radius 1 is 1.00 bits per heavy atom. The van der Waals surface area contributed by atoms with E-state index in [2.05, 4.69) is 13.8 Å². The molecule has 0 unspecified atom stereocenters. The minimum atomic E-state index is 0. The molecule has 0 aromatic carbocycles. The lowest BCUT2D eigenvalue weighted by Gasteiger charge is -1.79. The van der Waals surface area contributed by atoms with Crippen LogP contribution in [0.3, 0.4) is 0 Å². The van der Waals surface area contributed by atoms with Gasteiger partial charge in [-0.25, -0.2) is 0 Å². The summed E-state index contributed by atoms with van der Waals surface area (Å²) < 4.78 is 0. The van der Waals surface area contributed by atoms with Crippen molar-refractivity contribution in [1.82, 2.24) is 0 Å². The molecule has 0 aliphatic carbocycles. The summed E-state index contributed by atoms with van der Waals surface area (Å²) in [4.78, 5) is 0. The minimum Gasteiger partial charge on any atom is -0.0776 e. The summed E-state index contributed by atoms with van der Waals surface area (Å²) in [6.07, 6.45) is 4.08. The van der Waals surface area contributed by atoms with E-state index in [9.17, 15) is 0 Å². The third-order valence-corrected chi connectivity index (χ3v) is 0.707. The summed E-state index contributed by atoms with van der Waals surface area (Å²) in [6, 6.07) is 0. The Morgan fingerprint density at radius 3 is 1.29 bits per heavy atom. The Bertz CT molecular complexity index is 14.4. The molecule has 52 valence electrons. The van der Waals surface area contributed by atoms with Crippen LogP contribution in [-0.4, -0.2) is 0 Å². The summed E-state index contributed by atoms with van der Waals surface area (Å²) >= 11 is 0. The van der Waals surface area contributed by atoms with Crippen molar-refractivity contribution < 1.29 is 2.85 Å². The Hall–Kier alpha value is 0. The van der Waals surface area contributed by atoms with E-state index < -0.39 is 0 Å². The maximum Gasteiger partial charge on any atom is 0 e. The van der Waals surface area contributed by atoms with Gasteiger partial charge in [-0.3, -0.25) is 0 Å². The predicted octanol–water partition coefficient (Wildman–Crippen LogP) is 3.96. The number of hydrogen-bond acceptors (Lipinski definition) is 0. The van der Waals surface area contributed by atoms with Gasteiger partial charge in [-0.1, -0.05) is 48.0 Å². The Morgan fingerprint density at radius 2 is 1.29 bits per heavy atom. The van der Waals surface area contributed by atoms with Gasteiger partial charge in [0.2, 0.25) is 0 Å². The topological polar surface area (TPSA) is 0 Å². The van der Waals surface area contributed by atoms with Crippen LogP contribution in [-0.2, 0) is 0 Å². The maximum atomic E-state index is 2.21. The van der Waals surface area contributed by atoms with Crippen molar-refractivity contribution in [1.29, 1.82) is 0 Å². The Kier molecular flexibility index (Phi) is 37.5. The molecule has 0 N–H and O–H groups in total. The highest BCUT2D eigenvalue weighted by atomic mass is 13.7. The molecular weight excluding hydrogens is 84.1 g/mol. The standard InChI is InChI=1S/C5H12.2CH4.2H2/c1-3-5-4-2;;;;/h3-5H2,1-2H3;2*1H4;2*1H. The normalized spacial score (nSPS) is 6.00. The molecule has 0 aromatic rings. The first-order valence-corrected chi connectivity index (χ1v) is 2.41. The lowest BCUT2D eigenvalue weighted by molar-refractivity contribution is 0.772. The Labute approximate surface area is 51.9 Å². The fourth-order valence-corrected chi connectivity index (χ4v) is 0.354. The average molecular weight is 108 g/mol. The first-order valence-electron chi connectivity index (χ1n) is 2.41. The fourth-order valence-electron chi connectivity index (χ4n) is 0.354. The van der Waals surface area contributed by atoms with Crippen LogP contribution in [0, 0.1) is 0 Å². The van der Waals surface area contributed by atoms with Gasteiger partial charge in [-0.15, -0.1) is 0 Å². The van der Waals surface area contributed by atoms with Crippen molar-refractivity contribution in [3.63, 3.8) is 0 Å². The minimum absolute atomic E-state index is 0. The molecule has 0 saturated heterocycles. The largest absolute Gasteiger partial charge is 0.0776 e. The van der Waals surface area contributed by atoms with E-state index in [0.29, 0.717) is 0 Å². The van der Waals surface area contributed by atoms with E-state index in [1.807, 2.05) is 0 Å². The molecule has 0 atom stereocenters. The maximum absolute atomic E-state index is 2.21. The summed E-state index contributed by atoms with van der Waals surface area (Å²) in [7, 11) is 0. The van der Waals surface area contributed by atoms with Crippen LogP contribution in [0.15, 0.2) is 0 Å². The molecule has 7 heavy (non-hydrogen) atoms. The zero-order chi connectivity index (χ0) is 4.12. The van der Waals surface area contributed by atoms with Gasteiger partial charge in [0, 0.05) is 2.85 Å². The number of unbranched alkanes of at least 4 members (excludes halogenated alkanes) is 2. The molecule has 0 spiro atoms. The van der Waals surface area contributed by atoms with Crippen LogP contribution >= 0.6 is 0 Å². The molecule has 0 bridgehead atoms. The van der Waals surface area contributed by atoms with Gasteiger partial charge in [-0.05, 0) is 0 Å². The molecule has 0 heteroatoms. The molecule has 0 radical (unpaired) electrons. The predicted molar refractivity (Wildman–Crippen MR) is 42.9 cm³/mol. The van der Waals surface area contributed by atoms with Gasteiger partial charge in [0.15, 0.2) is 0 Å². The Balaban J connectivity index is -0.0000000133. The highest BCUT2D eigenvalue weighted by molar-refractivity contribution is 4.24. The molecule has 0 saturated carbocycles. The molecule has 0 amide bonds. The smallest absolute Gasteiger partial charge is 0 e. The molecule has 0 fully saturated rings. The second-order valence-corrected chi connectivity index (χ2v) is 1.35. The summed E-state index contributed by atoms with van der Waals surface area (Å²) in [6.45, 7) is 4.42. The summed E-state index contributed by atoms with van der Waals surface area (Å²) in [5, 5.41) is 0. The van der Waals surface area contributed by atoms with E-state index in [-0.39, 0.29) is 17.7 Å². The zero-order valence-corrected chi connectivity index (χ0v) is 4.12. The van der Waals surface area contributed by atoms with Crippen molar-refractivity contribution in [2.24, 2.45) is 0 Å². The monoisotopic (exact) mass is 108 g/mol. The first-order chi connectivity index (χ1) is 2.41. The van der Waals surface area contributed by atoms with Crippen LogP contribution in [0.5, 0.6) is 0 Å². The fraction of sp³-hybridized carbons (Fsp3) is 1.00. The van der Waals surface area contributed by atoms with Crippen molar-refractivity contribution in [3.8, 4) is 0 Å². The highest BCUT2D eigenvalue weighted by Gasteiger charge is 1.68. The molecular formula is C7H24. The zero-order valence-electron chi connectivity index (χ0n) is 4.12. The van der Waals surface area contributed by atoms with Crippen molar-refractivity contribution >= 4 is 0 Å². The third-order valence-electron chi connectivity index (χ3n) is 0.707. The van der Waals surface area contributed by atoms with E-state index in [0.717, 1.165) is 0 Å². The van der Waals surface area contributed by atoms with Crippen molar-refractivity contribution in [2.45, 2.75) is 48.0 Å². The molecule has 0 rings (SSSR count). The summed E-state index contributed by atoms with van der Waals surface area (Å²) in [5.74, 6) is 0. The van der Waals surface area contributed by atoms with E-state index in [1.165, 1.54) is 19.3 Å². The molecule has 0 aliphatic heterocycles. The van der Waals surface area contributed by atoms with Crippen LogP contribution in [0.25, 0.3) is 0 Å². The number of rotatable bonds is 2. The van der Waals surface area contributed by atoms with Crippen LogP contribution in [0.2, 0.25) is 0 Å². The molecule has 0 heterocycles. The lowest BCUT2D eigenvalue weighted by atomic mass is 10.3. The van der Waals surface area contributed by atoms with Crippen LogP contribution in [0.1, 0.15) is 50.8 Å². The molecule has 0 aliphatic rings. The quantitative estimate of drug-likeness (QED) is 0.502. The van der Waals surface area contributed by atoms with Crippen molar-refractivity contribution in [2.75, 3.05) is 0 Å². The highest BCUT2D eigenvalue weighted by Crippen LogP contribution is 1.88. The van der Waals surface area contributed by atoms with Gasteiger partial charge < -0.3 is 0 Å². The van der Waals surface area contributed by atoms with E-state index in [1.54, 1.807) is 0 Å². The third kappa shape index (κ3) is 24.0. The van der Waals surface area contributed by atoms with Crippen LogP contribution in [0.4, 0.5) is 0 Å². The average Bonchev–Trinajstić information content (AvgIpc) is 1.41. The van der Waals surface area contributed by atoms with E-state index >= 15 is 0 Å². The second-order valence-electron chi connectivity index (χ2n) is 1.35. The second kappa shape index (κ2) is 16.7. The number of hydrogen-bond donors (Lipinski definition) is 0. The van der Waals surface area contributed by atoms with Gasteiger partial charge in [0.1, 0.15) is 0 Å². The van der Waals surface area contributed by atoms with Crippen LogP contribution < -0.4 is 0 Å². The van der Waals surface area contributed by atoms with Gasteiger partial charge in [-0.2, -0.15) is 0 Å². The SMILES string of the molecule is C.C.CCCCC.[HH].[HH]. The van der Waals surface area contributed by atoms with Gasteiger partial charge in [0.25, 0.3) is 0 Å². The van der Waals surface area contributed by atoms with Gasteiger partial charge in [0.05, 0.1) is 0 Å².